The van der Waals surface area contributed by atoms with Crippen LogP contribution in [0.15, 0.2) is 49.1 Å². The number of halogens is 1. The van der Waals surface area contributed by atoms with Gasteiger partial charge in [-0.05, 0) is 30.7 Å². The van der Waals surface area contributed by atoms with E-state index in [1.165, 1.54) is 6.33 Å². The van der Waals surface area contributed by atoms with E-state index in [-0.39, 0.29) is 11.8 Å². The summed E-state index contributed by atoms with van der Waals surface area (Å²) in [6.45, 7) is 3.15. The smallest absolute Gasteiger partial charge is 0.231 e. The maximum absolute atomic E-state index is 12.4. The van der Waals surface area contributed by atoms with Gasteiger partial charge in [-0.2, -0.15) is 5.10 Å². The Bertz CT molecular complexity index is 937. The number of benzene rings is 1. The molecule has 1 aliphatic rings. The highest BCUT2D eigenvalue weighted by Crippen LogP contribution is 2.26. The number of carbonyl (C=O) groups is 1. The second-order valence-electron chi connectivity index (χ2n) is 6.24. The summed E-state index contributed by atoms with van der Waals surface area (Å²) in [5, 5.41) is 7.73. The van der Waals surface area contributed by atoms with Gasteiger partial charge in [-0.1, -0.05) is 17.7 Å². The van der Waals surface area contributed by atoms with Crippen molar-refractivity contribution < 1.29 is 4.79 Å². The second-order valence-corrected chi connectivity index (χ2v) is 6.65. The van der Waals surface area contributed by atoms with Crippen molar-refractivity contribution in [3.8, 4) is 5.82 Å². The fraction of sp³-hybridized carbons (Fsp3) is 0.222. The van der Waals surface area contributed by atoms with E-state index in [2.05, 4.69) is 20.4 Å². The first-order chi connectivity index (χ1) is 12.6. The van der Waals surface area contributed by atoms with Crippen molar-refractivity contribution in [2.24, 2.45) is 5.92 Å². The van der Waals surface area contributed by atoms with Gasteiger partial charge in [0.1, 0.15) is 12.1 Å². The zero-order chi connectivity index (χ0) is 18.1. The Hall–Kier alpha value is -2.93. The second kappa shape index (κ2) is 6.76. The largest absolute Gasteiger partial charge is 0.355 e. The minimum absolute atomic E-state index is 0.0116. The van der Waals surface area contributed by atoms with Crippen LogP contribution in [0.4, 0.5) is 11.5 Å². The van der Waals surface area contributed by atoms with Gasteiger partial charge in [0.25, 0.3) is 0 Å². The predicted molar refractivity (Wildman–Crippen MR) is 99.7 cm³/mol. The third-order valence-corrected chi connectivity index (χ3v) is 4.80. The van der Waals surface area contributed by atoms with Crippen LogP contribution in [0.5, 0.6) is 0 Å². The molecular weight excluding hydrogens is 352 g/mol. The molecule has 26 heavy (non-hydrogen) atoms. The average molecular weight is 369 g/mol. The molecule has 1 saturated heterocycles. The number of nitrogens with zero attached hydrogens (tertiary/aromatic N) is 5. The van der Waals surface area contributed by atoms with Crippen LogP contribution >= 0.6 is 11.6 Å². The lowest BCUT2D eigenvalue weighted by molar-refractivity contribution is -0.120. The summed E-state index contributed by atoms with van der Waals surface area (Å²) in [6, 6.07) is 9.22. The minimum atomic E-state index is -0.0850. The molecule has 0 radical (unpaired) electrons. The molecule has 1 aromatic carbocycles. The molecule has 0 atom stereocenters. The van der Waals surface area contributed by atoms with Gasteiger partial charge in [-0.25, -0.2) is 14.6 Å². The molecule has 2 aromatic heterocycles. The van der Waals surface area contributed by atoms with E-state index in [1.807, 2.05) is 42.3 Å². The number of hydrogen-bond acceptors (Lipinski definition) is 5. The normalized spacial score (nSPS) is 14.2. The van der Waals surface area contributed by atoms with Crippen molar-refractivity contribution in [2.75, 3.05) is 23.3 Å². The molecule has 0 saturated carbocycles. The number of nitrogens with one attached hydrogen (secondary N) is 1. The lowest BCUT2D eigenvalue weighted by atomic mass is 9.99. The molecule has 1 N–H and O–H groups in total. The zero-order valence-electron chi connectivity index (χ0n) is 14.1. The number of hydrogen-bond donors (Lipinski definition) is 1. The van der Waals surface area contributed by atoms with Crippen LogP contribution in [0.2, 0.25) is 5.02 Å². The Balaban J connectivity index is 1.38. The number of aryl methyl sites for hydroxylation is 1. The first-order valence-corrected chi connectivity index (χ1v) is 8.62. The van der Waals surface area contributed by atoms with Crippen molar-refractivity contribution in [2.45, 2.75) is 6.92 Å². The Morgan fingerprint density at radius 1 is 1.23 bits per heavy atom. The van der Waals surface area contributed by atoms with Gasteiger partial charge in [0.05, 0.1) is 5.92 Å². The molecule has 8 heteroatoms. The maximum Gasteiger partial charge on any atom is 0.231 e. The minimum Gasteiger partial charge on any atom is -0.355 e. The molecular formula is C18H17ClN6O. The van der Waals surface area contributed by atoms with Gasteiger partial charge >= 0.3 is 0 Å². The molecule has 4 rings (SSSR count). The summed E-state index contributed by atoms with van der Waals surface area (Å²) in [4.78, 5) is 23.0. The van der Waals surface area contributed by atoms with Crippen molar-refractivity contribution in [1.82, 2.24) is 19.7 Å². The van der Waals surface area contributed by atoms with Gasteiger partial charge < -0.3 is 10.2 Å². The molecule has 3 heterocycles. The van der Waals surface area contributed by atoms with Gasteiger partial charge in [0.15, 0.2) is 5.82 Å². The van der Waals surface area contributed by atoms with E-state index >= 15 is 0 Å². The topological polar surface area (TPSA) is 75.9 Å². The van der Waals surface area contributed by atoms with E-state index in [0.717, 1.165) is 11.4 Å². The molecule has 0 unspecified atom stereocenters. The van der Waals surface area contributed by atoms with Crippen molar-refractivity contribution in [1.29, 1.82) is 0 Å². The standard InChI is InChI=1S/C18H17ClN6O/c1-12-3-4-14(7-15(12)19)23-18(26)13-9-24(10-13)16-8-17(21-11-20-16)25-6-2-5-22-25/h2-8,11,13H,9-10H2,1H3,(H,23,26). The quantitative estimate of drug-likeness (QED) is 0.766. The highest BCUT2D eigenvalue weighted by molar-refractivity contribution is 6.31. The van der Waals surface area contributed by atoms with E-state index in [4.69, 9.17) is 11.6 Å². The van der Waals surface area contributed by atoms with Crippen LogP contribution < -0.4 is 10.2 Å². The van der Waals surface area contributed by atoms with Gasteiger partial charge in [-0.3, -0.25) is 4.79 Å². The van der Waals surface area contributed by atoms with Crippen molar-refractivity contribution in [3.63, 3.8) is 0 Å². The van der Waals surface area contributed by atoms with E-state index in [0.29, 0.717) is 29.6 Å². The fourth-order valence-corrected chi connectivity index (χ4v) is 2.97. The van der Waals surface area contributed by atoms with E-state index < -0.39 is 0 Å². The predicted octanol–water partition coefficient (Wildman–Crippen LogP) is 2.70. The fourth-order valence-electron chi connectivity index (χ4n) is 2.79. The Morgan fingerprint density at radius 3 is 2.77 bits per heavy atom. The molecule has 1 aliphatic heterocycles. The SMILES string of the molecule is Cc1ccc(NC(=O)C2CN(c3cc(-n4cccn4)ncn3)C2)cc1Cl. The van der Waals surface area contributed by atoms with Crippen LogP contribution in [-0.2, 0) is 4.79 Å². The lowest BCUT2D eigenvalue weighted by Gasteiger charge is -2.39. The Kier molecular flexibility index (Phi) is 4.30. The summed E-state index contributed by atoms with van der Waals surface area (Å²) in [7, 11) is 0. The third kappa shape index (κ3) is 3.25. The summed E-state index contributed by atoms with van der Waals surface area (Å²) in [5.41, 5.74) is 1.70. The lowest BCUT2D eigenvalue weighted by Crippen LogP contribution is -2.52. The first kappa shape index (κ1) is 16.5. The molecule has 132 valence electrons. The maximum atomic E-state index is 12.4. The van der Waals surface area contributed by atoms with E-state index in [9.17, 15) is 4.79 Å². The summed E-state index contributed by atoms with van der Waals surface area (Å²) < 4.78 is 1.68. The molecule has 0 aliphatic carbocycles. The molecule has 1 fully saturated rings. The monoisotopic (exact) mass is 368 g/mol. The summed E-state index contributed by atoms with van der Waals surface area (Å²) >= 11 is 6.10. The average Bonchev–Trinajstić information content (AvgIpc) is 3.12. The highest BCUT2D eigenvalue weighted by atomic mass is 35.5. The number of anilines is 2. The Morgan fingerprint density at radius 2 is 2.04 bits per heavy atom. The molecule has 7 nitrogen and oxygen atoms in total. The van der Waals surface area contributed by atoms with Crippen molar-refractivity contribution >= 4 is 29.0 Å². The van der Waals surface area contributed by atoms with Gasteiger partial charge in [0, 0.05) is 42.3 Å². The van der Waals surface area contributed by atoms with Crippen LogP contribution in [-0.4, -0.2) is 38.7 Å². The first-order valence-electron chi connectivity index (χ1n) is 8.24. The van der Waals surface area contributed by atoms with Gasteiger partial charge in [0.2, 0.25) is 5.91 Å². The van der Waals surface area contributed by atoms with Crippen LogP contribution in [0.3, 0.4) is 0 Å². The van der Waals surface area contributed by atoms with Gasteiger partial charge in [-0.15, -0.1) is 0 Å². The molecule has 0 bridgehead atoms. The Labute approximate surface area is 155 Å². The molecule has 0 spiro atoms. The number of rotatable bonds is 4. The van der Waals surface area contributed by atoms with Crippen LogP contribution in [0.25, 0.3) is 5.82 Å². The third-order valence-electron chi connectivity index (χ3n) is 4.39. The number of carbonyl (C=O) groups excluding carboxylic acids is 1. The number of amides is 1. The summed E-state index contributed by atoms with van der Waals surface area (Å²) in [5.74, 6) is 1.39. The zero-order valence-corrected chi connectivity index (χ0v) is 14.9. The van der Waals surface area contributed by atoms with E-state index in [1.54, 1.807) is 16.9 Å². The number of aromatic nitrogens is 4. The van der Waals surface area contributed by atoms with Crippen molar-refractivity contribution in [3.05, 3.63) is 59.6 Å². The molecule has 3 aromatic rings. The van der Waals surface area contributed by atoms with Crippen LogP contribution in [0, 0.1) is 12.8 Å². The highest BCUT2D eigenvalue weighted by Gasteiger charge is 2.33. The summed E-state index contributed by atoms with van der Waals surface area (Å²) in [6.07, 6.45) is 5.03. The molecule has 1 amide bonds. The van der Waals surface area contributed by atoms with Crippen LogP contribution in [0.1, 0.15) is 5.56 Å².